The molecule has 1 unspecified atom stereocenters. The highest BCUT2D eigenvalue weighted by Gasteiger charge is 2.53. The van der Waals surface area contributed by atoms with Gasteiger partial charge in [0.25, 0.3) is 0 Å². The Kier molecular flexibility index (Phi) is 8.34. The Labute approximate surface area is 377 Å². The van der Waals surface area contributed by atoms with Crippen LogP contribution in [0.1, 0.15) is 22.3 Å². The van der Waals surface area contributed by atoms with Crippen molar-refractivity contribution < 1.29 is 0 Å². The number of nitrogens with zero attached hydrogens (tertiary/aromatic N) is 2. The first-order valence-electron chi connectivity index (χ1n) is 22.0. The highest BCUT2D eigenvalue weighted by molar-refractivity contribution is 7.26. The second-order valence-electron chi connectivity index (χ2n) is 16.8. The van der Waals surface area contributed by atoms with Gasteiger partial charge in [0, 0.05) is 48.4 Å². The first kappa shape index (κ1) is 36.7. The number of para-hydroxylation sites is 3. The van der Waals surface area contributed by atoms with Gasteiger partial charge in [0.2, 0.25) is 0 Å². The predicted octanol–water partition coefficient (Wildman–Crippen LogP) is 17.0. The summed E-state index contributed by atoms with van der Waals surface area (Å²) in [4.78, 5) is 4.93. The van der Waals surface area contributed by atoms with Gasteiger partial charge in [0.1, 0.15) is 0 Å². The van der Waals surface area contributed by atoms with E-state index in [9.17, 15) is 0 Å². The third-order valence-corrected chi connectivity index (χ3v) is 14.6. The number of hydrogen-bond acceptors (Lipinski definition) is 3. The summed E-state index contributed by atoms with van der Waals surface area (Å²) < 4.78 is 2.59. The first-order valence-corrected chi connectivity index (χ1v) is 22.8. The Morgan fingerprint density at radius 3 is 1.81 bits per heavy atom. The molecule has 0 spiro atoms. The first-order chi connectivity index (χ1) is 31.8. The van der Waals surface area contributed by atoms with Crippen LogP contribution in [0.3, 0.4) is 0 Å². The fourth-order valence-corrected chi connectivity index (χ4v) is 11.9. The molecule has 3 heteroatoms. The lowest BCUT2D eigenvalue weighted by molar-refractivity contribution is 0.754. The van der Waals surface area contributed by atoms with Gasteiger partial charge >= 0.3 is 0 Å². The van der Waals surface area contributed by atoms with E-state index in [-0.39, 0.29) is 0 Å². The van der Waals surface area contributed by atoms with Crippen molar-refractivity contribution in [3.8, 4) is 33.4 Å². The van der Waals surface area contributed by atoms with Crippen LogP contribution in [0, 0.1) is 0 Å². The Hall–Kier alpha value is -7.98. The quantitative estimate of drug-likeness (QED) is 0.158. The molecule has 1 aliphatic heterocycles. The summed E-state index contributed by atoms with van der Waals surface area (Å²) in [6.07, 6.45) is 0. The molecule has 13 rings (SSSR count). The molecule has 0 saturated carbocycles. The molecular weight excluding hydrogens is 793 g/mol. The van der Waals surface area contributed by atoms with Crippen molar-refractivity contribution in [3.05, 3.63) is 265 Å². The van der Waals surface area contributed by atoms with E-state index in [4.69, 9.17) is 0 Å². The van der Waals surface area contributed by atoms with Crippen LogP contribution < -0.4 is 9.80 Å². The number of rotatable bonds is 7. The molecule has 64 heavy (non-hydrogen) atoms. The van der Waals surface area contributed by atoms with Crippen LogP contribution in [0.15, 0.2) is 243 Å². The third-order valence-electron chi connectivity index (χ3n) is 13.4. The minimum Gasteiger partial charge on any atom is -0.310 e. The van der Waals surface area contributed by atoms with E-state index in [1.165, 1.54) is 92.9 Å². The molecule has 11 aromatic rings. The van der Waals surface area contributed by atoms with Crippen molar-refractivity contribution in [2.45, 2.75) is 5.41 Å². The van der Waals surface area contributed by atoms with E-state index < -0.39 is 5.41 Å². The van der Waals surface area contributed by atoms with Crippen LogP contribution in [0.4, 0.5) is 34.1 Å². The number of fused-ring (bicyclic) bond motifs is 8. The van der Waals surface area contributed by atoms with E-state index in [1.54, 1.807) is 0 Å². The van der Waals surface area contributed by atoms with Gasteiger partial charge < -0.3 is 9.80 Å². The van der Waals surface area contributed by atoms with Crippen molar-refractivity contribution in [1.29, 1.82) is 0 Å². The van der Waals surface area contributed by atoms with Crippen molar-refractivity contribution >= 4 is 65.6 Å². The lowest BCUT2D eigenvalue weighted by Gasteiger charge is -2.45. The van der Waals surface area contributed by atoms with Crippen LogP contribution in [-0.2, 0) is 5.41 Å². The van der Waals surface area contributed by atoms with Crippen molar-refractivity contribution in [2.24, 2.45) is 0 Å². The molecule has 0 saturated heterocycles. The van der Waals surface area contributed by atoms with E-state index in [0.29, 0.717) is 0 Å². The summed E-state index contributed by atoms with van der Waals surface area (Å²) in [6, 6.07) is 89.5. The van der Waals surface area contributed by atoms with Gasteiger partial charge in [-0.3, -0.25) is 0 Å². The molecule has 0 radical (unpaired) electrons. The lowest BCUT2D eigenvalue weighted by Crippen LogP contribution is -2.36. The zero-order chi connectivity index (χ0) is 42.2. The Balaban J connectivity index is 1.02. The fourth-order valence-electron chi connectivity index (χ4n) is 10.8. The average Bonchev–Trinajstić information content (AvgIpc) is 3.90. The Morgan fingerprint density at radius 1 is 0.406 bits per heavy atom. The maximum Gasteiger partial charge on any atom is 0.0754 e. The van der Waals surface area contributed by atoms with Crippen molar-refractivity contribution in [2.75, 3.05) is 9.80 Å². The molecule has 1 aliphatic carbocycles. The number of hydrogen-bond donors (Lipinski definition) is 0. The normalized spacial score (nSPS) is 14.6. The predicted molar refractivity (Wildman–Crippen MR) is 270 cm³/mol. The Bertz CT molecular complexity index is 3540. The molecular formula is C61H40N2S. The van der Waals surface area contributed by atoms with Gasteiger partial charge in [0.15, 0.2) is 0 Å². The van der Waals surface area contributed by atoms with Crippen LogP contribution in [0.5, 0.6) is 0 Å². The highest BCUT2D eigenvalue weighted by atomic mass is 32.1. The maximum absolute atomic E-state index is 2.51. The molecule has 1 atom stereocenters. The highest BCUT2D eigenvalue weighted by Crippen LogP contribution is 2.66. The molecule has 0 amide bonds. The van der Waals surface area contributed by atoms with E-state index >= 15 is 0 Å². The molecule has 2 heterocycles. The zero-order valence-corrected chi connectivity index (χ0v) is 35.7. The van der Waals surface area contributed by atoms with Crippen molar-refractivity contribution in [3.63, 3.8) is 0 Å². The molecule has 0 fully saturated rings. The lowest BCUT2D eigenvalue weighted by atomic mass is 9.64. The van der Waals surface area contributed by atoms with Crippen LogP contribution in [0.2, 0.25) is 0 Å². The fraction of sp³-hybridized carbons (Fsp3) is 0.0164. The molecule has 0 N–H and O–H groups in total. The summed E-state index contributed by atoms with van der Waals surface area (Å²) in [5, 5.41) is 2.58. The molecule has 2 aliphatic rings. The number of benzene rings is 10. The minimum absolute atomic E-state index is 0.573. The van der Waals surface area contributed by atoms with Gasteiger partial charge in [0.05, 0.1) is 22.5 Å². The summed E-state index contributed by atoms with van der Waals surface area (Å²) in [7, 11) is 0. The number of thiophene rings is 1. The monoisotopic (exact) mass is 832 g/mol. The van der Waals surface area contributed by atoms with Gasteiger partial charge in [-0.15, -0.1) is 11.3 Å². The third kappa shape index (κ3) is 5.38. The van der Waals surface area contributed by atoms with Gasteiger partial charge in [-0.25, -0.2) is 0 Å². The summed E-state index contributed by atoms with van der Waals surface area (Å²) in [5.74, 6) is 0. The van der Waals surface area contributed by atoms with Gasteiger partial charge in [-0.1, -0.05) is 176 Å². The van der Waals surface area contributed by atoms with E-state index in [0.717, 1.165) is 17.1 Å². The Morgan fingerprint density at radius 2 is 1.02 bits per heavy atom. The smallest absolute Gasteiger partial charge is 0.0754 e. The largest absolute Gasteiger partial charge is 0.310 e. The van der Waals surface area contributed by atoms with E-state index in [2.05, 4.69) is 252 Å². The van der Waals surface area contributed by atoms with Gasteiger partial charge in [-0.05, 0) is 111 Å². The second-order valence-corrected chi connectivity index (χ2v) is 17.9. The SMILES string of the molecule is c1ccc(-c2ccc3c4c2N(c2ccccc2)c2ccccc2C4(c2ccccc2)c2cc(-c4ccc(N(c5ccccc5)c5cccc6sc7ccccc7c56)cc4)ccc2-3)cc1. The van der Waals surface area contributed by atoms with Crippen LogP contribution in [0.25, 0.3) is 53.6 Å². The maximum atomic E-state index is 2.51. The van der Waals surface area contributed by atoms with Crippen LogP contribution in [-0.4, -0.2) is 0 Å². The summed E-state index contributed by atoms with van der Waals surface area (Å²) in [5.41, 5.74) is 19.0. The van der Waals surface area contributed by atoms with Crippen molar-refractivity contribution in [1.82, 2.24) is 0 Å². The molecule has 300 valence electrons. The van der Waals surface area contributed by atoms with E-state index in [1.807, 2.05) is 11.3 Å². The topological polar surface area (TPSA) is 6.48 Å². The summed E-state index contributed by atoms with van der Waals surface area (Å²) >= 11 is 1.86. The van der Waals surface area contributed by atoms with Gasteiger partial charge in [-0.2, -0.15) is 0 Å². The molecule has 1 aromatic heterocycles. The molecule has 0 bridgehead atoms. The van der Waals surface area contributed by atoms with Crippen LogP contribution >= 0.6 is 11.3 Å². The second kappa shape index (κ2) is 14.6. The zero-order valence-electron chi connectivity index (χ0n) is 34.9. The standard InChI is InChI=1S/C61H40N2S/c1-5-18-42(19-6-1)48-38-39-50-49-37-34-43(40-53(49)61(44-20-7-2-8-21-44)52-27-14-15-28-54(52)63(60(48)59(50)61)46-24-11-4-12-25-46)41-32-35-47(36-33-41)62(45-22-9-3-10-23-45)55-29-17-31-57-58(55)51-26-13-16-30-56(51)64-57/h1-40H. The molecule has 2 nitrogen and oxygen atoms in total. The minimum atomic E-state index is -0.573. The average molecular weight is 833 g/mol. The number of anilines is 6. The molecule has 10 aromatic carbocycles. The summed E-state index contributed by atoms with van der Waals surface area (Å²) in [6.45, 7) is 0.